The van der Waals surface area contributed by atoms with Crippen molar-refractivity contribution in [3.8, 4) is 0 Å². The van der Waals surface area contributed by atoms with E-state index in [9.17, 15) is 14.9 Å². The Morgan fingerprint density at radius 1 is 1.55 bits per heavy atom. The second kappa shape index (κ2) is 7.78. The number of nitro benzene ring substituents is 1. The highest BCUT2D eigenvalue weighted by Gasteiger charge is 2.18. The van der Waals surface area contributed by atoms with Crippen LogP contribution in [0.5, 0.6) is 0 Å². The first kappa shape index (κ1) is 16.4. The summed E-state index contributed by atoms with van der Waals surface area (Å²) in [6, 6.07) is 4.33. The third-order valence-corrected chi connectivity index (χ3v) is 2.84. The average Bonchev–Trinajstić information content (AvgIpc) is 2.37. The van der Waals surface area contributed by atoms with Crippen LogP contribution in [0.1, 0.15) is 5.56 Å². The van der Waals surface area contributed by atoms with Gasteiger partial charge in [-0.3, -0.25) is 19.8 Å². The van der Waals surface area contributed by atoms with E-state index >= 15 is 0 Å². The smallest absolute Gasteiger partial charge is 0.317 e. The van der Waals surface area contributed by atoms with E-state index in [4.69, 9.17) is 21.4 Å². The molecule has 0 radical (unpaired) electrons. The van der Waals surface area contributed by atoms with Gasteiger partial charge >= 0.3 is 5.97 Å². The van der Waals surface area contributed by atoms with E-state index in [1.54, 1.807) is 11.0 Å². The Kier molecular flexibility index (Phi) is 6.37. The first-order valence-corrected chi connectivity index (χ1v) is 6.17. The molecule has 1 aromatic rings. The van der Waals surface area contributed by atoms with Crippen molar-refractivity contribution < 1.29 is 19.6 Å². The number of nitrogens with zero attached hydrogens (tertiary/aromatic N) is 2. The lowest BCUT2D eigenvalue weighted by Crippen LogP contribution is -2.32. The quantitative estimate of drug-likeness (QED) is 0.581. The Morgan fingerprint density at radius 2 is 2.25 bits per heavy atom. The summed E-state index contributed by atoms with van der Waals surface area (Å²) in [6.45, 7) is 0.629. The topological polar surface area (TPSA) is 92.9 Å². The number of hydrogen-bond donors (Lipinski definition) is 1. The fraction of sp³-hybridized carbons (Fsp3) is 0.417. The summed E-state index contributed by atoms with van der Waals surface area (Å²) in [4.78, 5) is 22.8. The number of carboxylic acid groups (broad SMARTS) is 1. The highest BCUT2D eigenvalue weighted by atomic mass is 35.5. The number of hydrogen-bond acceptors (Lipinski definition) is 5. The van der Waals surface area contributed by atoms with Crippen molar-refractivity contribution in [2.45, 2.75) is 6.54 Å². The lowest BCUT2D eigenvalue weighted by atomic mass is 10.1. The molecule has 7 nitrogen and oxygen atoms in total. The van der Waals surface area contributed by atoms with Gasteiger partial charge in [-0.15, -0.1) is 0 Å². The van der Waals surface area contributed by atoms with E-state index < -0.39 is 10.9 Å². The number of nitro groups is 1. The standard InChI is InChI=1S/C12H15ClN2O5/c1-20-5-4-14(8-12(16)17)7-9-2-3-10(13)6-11(9)15(18)19/h2-3,6H,4-5,7-8H2,1H3,(H,16,17). The van der Waals surface area contributed by atoms with E-state index in [1.807, 2.05) is 0 Å². The van der Waals surface area contributed by atoms with Gasteiger partial charge in [0, 0.05) is 36.9 Å². The number of methoxy groups -OCH3 is 1. The number of ether oxygens (including phenoxy) is 1. The maximum atomic E-state index is 11.0. The summed E-state index contributed by atoms with van der Waals surface area (Å²) >= 11 is 5.73. The minimum atomic E-state index is -1.00. The van der Waals surface area contributed by atoms with Gasteiger partial charge < -0.3 is 9.84 Å². The van der Waals surface area contributed by atoms with E-state index in [-0.39, 0.29) is 23.8 Å². The molecule has 0 saturated heterocycles. The maximum Gasteiger partial charge on any atom is 0.317 e. The molecular formula is C12H15ClN2O5. The Morgan fingerprint density at radius 3 is 2.80 bits per heavy atom. The molecular weight excluding hydrogens is 288 g/mol. The average molecular weight is 303 g/mol. The third kappa shape index (κ3) is 5.12. The minimum absolute atomic E-state index is 0.120. The zero-order valence-corrected chi connectivity index (χ0v) is 11.7. The lowest BCUT2D eigenvalue weighted by Gasteiger charge is -2.19. The first-order chi connectivity index (χ1) is 9.43. The summed E-state index contributed by atoms with van der Waals surface area (Å²) in [6.07, 6.45) is 0. The van der Waals surface area contributed by atoms with E-state index in [0.717, 1.165) is 0 Å². The van der Waals surface area contributed by atoms with Crippen LogP contribution in [0.2, 0.25) is 5.02 Å². The number of carboxylic acids is 1. The third-order valence-electron chi connectivity index (χ3n) is 2.61. The number of halogens is 1. The van der Waals surface area contributed by atoms with Gasteiger partial charge in [0.1, 0.15) is 0 Å². The molecule has 0 unspecified atom stereocenters. The van der Waals surface area contributed by atoms with Gasteiger partial charge in [0.2, 0.25) is 0 Å². The zero-order valence-electron chi connectivity index (χ0n) is 10.9. The highest BCUT2D eigenvalue weighted by Crippen LogP contribution is 2.24. The number of carbonyl (C=O) groups is 1. The van der Waals surface area contributed by atoms with Crippen LogP contribution >= 0.6 is 11.6 Å². The SMILES string of the molecule is COCCN(CC(=O)O)Cc1ccc(Cl)cc1[N+](=O)[O-]. The monoisotopic (exact) mass is 302 g/mol. The predicted molar refractivity (Wildman–Crippen MR) is 72.9 cm³/mol. The molecule has 0 fully saturated rings. The fourth-order valence-electron chi connectivity index (χ4n) is 1.71. The molecule has 1 rings (SSSR count). The van der Waals surface area contributed by atoms with Gasteiger partial charge in [-0.2, -0.15) is 0 Å². The van der Waals surface area contributed by atoms with Gasteiger partial charge in [-0.1, -0.05) is 11.6 Å². The minimum Gasteiger partial charge on any atom is -0.480 e. The lowest BCUT2D eigenvalue weighted by molar-refractivity contribution is -0.385. The van der Waals surface area contributed by atoms with Gasteiger partial charge in [0.25, 0.3) is 5.69 Å². The van der Waals surface area contributed by atoms with E-state index in [2.05, 4.69) is 0 Å². The van der Waals surface area contributed by atoms with Crippen LogP contribution in [0.25, 0.3) is 0 Å². The Labute approximate surface area is 120 Å². The van der Waals surface area contributed by atoms with Crippen LogP contribution < -0.4 is 0 Å². The Bertz CT molecular complexity index is 495. The summed E-state index contributed by atoms with van der Waals surface area (Å²) in [7, 11) is 1.50. The van der Waals surface area contributed by atoms with Crippen LogP contribution in [0.4, 0.5) is 5.69 Å². The molecule has 0 saturated carbocycles. The fourth-order valence-corrected chi connectivity index (χ4v) is 1.87. The van der Waals surface area contributed by atoms with Crippen molar-refractivity contribution in [2.75, 3.05) is 26.8 Å². The summed E-state index contributed by atoms with van der Waals surface area (Å²) in [5, 5.41) is 20.1. The van der Waals surface area contributed by atoms with Crippen molar-refractivity contribution in [1.82, 2.24) is 4.90 Å². The molecule has 20 heavy (non-hydrogen) atoms. The highest BCUT2D eigenvalue weighted by molar-refractivity contribution is 6.30. The molecule has 0 aliphatic carbocycles. The summed E-state index contributed by atoms with van der Waals surface area (Å²) < 4.78 is 4.90. The molecule has 0 aliphatic rings. The van der Waals surface area contributed by atoms with Gasteiger partial charge in [0.05, 0.1) is 18.1 Å². The molecule has 0 aromatic heterocycles. The van der Waals surface area contributed by atoms with Gasteiger partial charge in [-0.25, -0.2) is 0 Å². The first-order valence-electron chi connectivity index (χ1n) is 5.80. The molecule has 0 aliphatic heterocycles. The Hall–Kier alpha value is -1.70. The molecule has 0 bridgehead atoms. The number of aliphatic carboxylic acids is 1. The largest absolute Gasteiger partial charge is 0.480 e. The second-order valence-corrected chi connectivity index (χ2v) is 4.56. The molecule has 8 heteroatoms. The molecule has 0 heterocycles. The maximum absolute atomic E-state index is 11.0. The van der Waals surface area contributed by atoms with Crippen LogP contribution in [0.3, 0.4) is 0 Å². The van der Waals surface area contributed by atoms with E-state index in [1.165, 1.54) is 19.2 Å². The van der Waals surface area contributed by atoms with Crippen LogP contribution in [0, 0.1) is 10.1 Å². The van der Waals surface area contributed by atoms with E-state index in [0.29, 0.717) is 18.7 Å². The van der Waals surface area contributed by atoms with Crippen molar-refractivity contribution in [3.05, 3.63) is 38.9 Å². The number of rotatable bonds is 8. The van der Waals surface area contributed by atoms with Crippen molar-refractivity contribution in [2.24, 2.45) is 0 Å². The van der Waals surface area contributed by atoms with Crippen molar-refractivity contribution >= 4 is 23.3 Å². The molecule has 0 spiro atoms. The number of benzene rings is 1. The second-order valence-electron chi connectivity index (χ2n) is 4.13. The van der Waals surface area contributed by atoms with Crippen LogP contribution in [-0.2, 0) is 16.1 Å². The molecule has 110 valence electrons. The van der Waals surface area contributed by atoms with Crippen LogP contribution in [0.15, 0.2) is 18.2 Å². The van der Waals surface area contributed by atoms with Crippen LogP contribution in [-0.4, -0.2) is 47.7 Å². The van der Waals surface area contributed by atoms with Gasteiger partial charge in [0.15, 0.2) is 0 Å². The Balaban J connectivity index is 2.91. The van der Waals surface area contributed by atoms with Crippen molar-refractivity contribution in [1.29, 1.82) is 0 Å². The van der Waals surface area contributed by atoms with Gasteiger partial charge in [-0.05, 0) is 12.1 Å². The summed E-state index contributed by atoms with van der Waals surface area (Å²) in [5.74, 6) is -1.00. The summed E-state index contributed by atoms with van der Waals surface area (Å²) in [5.41, 5.74) is 0.294. The molecule has 1 N–H and O–H groups in total. The zero-order chi connectivity index (χ0) is 15.1. The molecule has 1 aromatic carbocycles. The van der Waals surface area contributed by atoms with Crippen molar-refractivity contribution in [3.63, 3.8) is 0 Å². The molecule has 0 atom stereocenters. The molecule has 0 amide bonds. The predicted octanol–water partition coefficient (Wildman–Crippen LogP) is 1.78. The normalized spacial score (nSPS) is 10.8.